The van der Waals surface area contributed by atoms with E-state index >= 15 is 0 Å². The maximum atomic E-state index is 13.6. The average molecular weight is 247 g/mol. The standard InChI is InChI=1S/C15H18FNO/c1-9-5-6-13(17)11(7-9)14-8-10-3-2-4-12(16)15(10)18-14/h2-4,8-9,11,13H,5-7,17H2,1H3. The first-order valence-electron chi connectivity index (χ1n) is 6.58. The van der Waals surface area contributed by atoms with E-state index in [-0.39, 0.29) is 17.8 Å². The van der Waals surface area contributed by atoms with Crippen LogP contribution in [0.2, 0.25) is 0 Å². The zero-order valence-corrected chi connectivity index (χ0v) is 10.5. The maximum absolute atomic E-state index is 13.6. The summed E-state index contributed by atoms with van der Waals surface area (Å²) in [5.41, 5.74) is 6.54. The number of fused-ring (bicyclic) bond motifs is 1. The Kier molecular flexibility index (Phi) is 2.86. The summed E-state index contributed by atoms with van der Waals surface area (Å²) in [6.45, 7) is 2.24. The molecule has 96 valence electrons. The van der Waals surface area contributed by atoms with E-state index in [2.05, 4.69) is 6.92 Å². The first-order valence-corrected chi connectivity index (χ1v) is 6.58. The van der Waals surface area contributed by atoms with Gasteiger partial charge in [0, 0.05) is 17.3 Å². The molecule has 1 aromatic heterocycles. The summed E-state index contributed by atoms with van der Waals surface area (Å²) in [6.07, 6.45) is 3.22. The molecule has 1 aliphatic carbocycles. The molecule has 1 aliphatic rings. The highest BCUT2D eigenvalue weighted by Gasteiger charge is 2.30. The van der Waals surface area contributed by atoms with Crippen molar-refractivity contribution < 1.29 is 8.81 Å². The molecule has 1 fully saturated rings. The first kappa shape index (κ1) is 11.7. The number of furan rings is 1. The van der Waals surface area contributed by atoms with E-state index in [0.29, 0.717) is 11.5 Å². The number of para-hydroxylation sites is 1. The SMILES string of the molecule is CC1CCC(N)C(c2cc3cccc(F)c3o2)C1. The molecular weight excluding hydrogens is 229 g/mol. The Morgan fingerprint density at radius 3 is 2.94 bits per heavy atom. The molecule has 0 amide bonds. The lowest BCUT2D eigenvalue weighted by molar-refractivity contribution is 0.279. The molecule has 3 heteroatoms. The van der Waals surface area contributed by atoms with Gasteiger partial charge in [0.25, 0.3) is 0 Å². The van der Waals surface area contributed by atoms with Gasteiger partial charge in [-0.25, -0.2) is 4.39 Å². The van der Waals surface area contributed by atoms with Gasteiger partial charge < -0.3 is 10.2 Å². The van der Waals surface area contributed by atoms with Gasteiger partial charge >= 0.3 is 0 Å². The summed E-state index contributed by atoms with van der Waals surface area (Å²) in [4.78, 5) is 0. The van der Waals surface area contributed by atoms with Gasteiger partial charge in [0.1, 0.15) is 5.76 Å². The maximum Gasteiger partial charge on any atom is 0.169 e. The van der Waals surface area contributed by atoms with Crippen molar-refractivity contribution in [2.45, 2.75) is 38.1 Å². The normalized spacial score (nSPS) is 28.7. The molecule has 0 saturated heterocycles. The van der Waals surface area contributed by atoms with Gasteiger partial charge in [-0.3, -0.25) is 0 Å². The van der Waals surface area contributed by atoms with Crippen LogP contribution in [0.3, 0.4) is 0 Å². The fourth-order valence-corrected chi connectivity index (χ4v) is 2.96. The fraction of sp³-hybridized carbons (Fsp3) is 0.467. The average Bonchev–Trinajstić information content (AvgIpc) is 2.77. The van der Waals surface area contributed by atoms with Crippen LogP contribution in [0.15, 0.2) is 28.7 Å². The second kappa shape index (κ2) is 4.39. The van der Waals surface area contributed by atoms with E-state index in [0.717, 1.165) is 24.0 Å². The molecule has 18 heavy (non-hydrogen) atoms. The van der Waals surface area contributed by atoms with E-state index in [4.69, 9.17) is 10.2 Å². The monoisotopic (exact) mass is 247 g/mol. The van der Waals surface area contributed by atoms with E-state index in [1.54, 1.807) is 6.07 Å². The quantitative estimate of drug-likeness (QED) is 0.832. The third-order valence-electron chi connectivity index (χ3n) is 4.05. The fourth-order valence-electron chi connectivity index (χ4n) is 2.96. The minimum Gasteiger partial charge on any atom is -0.458 e. The molecule has 2 N–H and O–H groups in total. The minimum absolute atomic E-state index is 0.129. The van der Waals surface area contributed by atoms with Crippen LogP contribution in [0.4, 0.5) is 4.39 Å². The molecular formula is C15H18FNO. The van der Waals surface area contributed by atoms with Crippen LogP contribution in [-0.4, -0.2) is 6.04 Å². The van der Waals surface area contributed by atoms with Crippen molar-refractivity contribution in [3.63, 3.8) is 0 Å². The third kappa shape index (κ3) is 1.93. The zero-order chi connectivity index (χ0) is 12.7. The Labute approximate surface area is 106 Å². The molecule has 3 rings (SSSR count). The second-order valence-electron chi connectivity index (χ2n) is 5.50. The van der Waals surface area contributed by atoms with Crippen LogP contribution in [0.25, 0.3) is 11.0 Å². The van der Waals surface area contributed by atoms with Crippen molar-refractivity contribution in [3.8, 4) is 0 Å². The third-order valence-corrected chi connectivity index (χ3v) is 4.05. The van der Waals surface area contributed by atoms with E-state index in [9.17, 15) is 4.39 Å². The van der Waals surface area contributed by atoms with Gasteiger partial charge in [0.2, 0.25) is 0 Å². The van der Waals surface area contributed by atoms with Crippen LogP contribution in [-0.2, 0) is 0 Å². The highest BCUT2D eigenvalue weighted by molar-refractivity contribution is 5.78. The topological polar surface area (TPSA) is 39.2 Å². The number of benzene rings is 1. The van der Waals surface area contributed by atoms with E-state index in [1.165, 1.54) is 12.5 Å². The van der Waals surface area contributed by atoms with Crippen LogP contribution >= 0.6 is 0 Å². The molecule has 3 atom stereocenters. The minimum atomic E-state index is -0.295. The lowest BCUT2D eigenvalue weighted by Crippen LogP contribution is -2.33. The molecule has 1 aromatic carbocycles. The summed E-state index contributed by atoms with van der Waals surface area (Å²) < 4.78 is 19.3. The second-order valence-corrected chi connectivity index (χ2v) is 5.50. The molecule has 1 saturated carbocycles. The Bertz CT molecular complexity index is 563. The highest BCUT2D eigenvalue weighted by atomic mass is 19.1. The summed E-state index contributed by atoms with van der Waals surface area (Å²) in [5.74, 6) is 1.43. The van der Waals surface area contributed by atoms with Gasteiger partial charge in [-0.2, -0.15) is 0 Å². The molecule has 2 nitrogen and oxygen atoms in total. The lowest BCUT2D eigenvalue weighted by Gasteiger charge is -2.31. The van der Waals surface area contributed by atoms with Gasteiger partial charge in [0.15, 0.2) is 11.4 Å². The zero-order valence-electron chi connectivity index (χ0n) is 10.5. The smallest absolute Gasteiger partial charge is 0.169 e. The van der Waals surface area contributed by atoms with Crippen LogP contribution in [0.5, 0.6) is 0 Å². The van der Waals surface area contributed by atoms with Crippen LogP contribution in [0.1, 0.15) is 37.9 Å². The van der Waals surface area contributed by atoms with Gasteiger partial charge in [-0.15, -0.1) is 0 Å². The number of hydrogen-bond donors (Lipinski definition) is 1. The van der Waals surface area contributed by atoms with Crippen molar-refractivity contribution in [2.24, 2.45) is 11.7 Å². The predicted molar refractivity (Wildman–Crippen MR) is 69.9 cm³/mol. The summed E-state index contributed by atoms with van der Waals surface area (Å²) in [6, 6.07) is 7.09. The van der Waals surface area contributed by atoms with Gasteiger partial charge in [-0.1, -0.05) is 19.1 Å². The first-order chi connectivity index (χ1) is 8.65. The van der Waals surface area contributed by atoms with Crippen LogP contribution < -0.4 is 5.73 Å². The summed E-state index contributed by atoms with van der Waals surface area (Å²) in [5, 5.41) is 0.829. The number of hydrogen-bond acceptors (Lipinski definition) is 2. The summed E-state index contributed by atoms with van der Waals surface area (Å²) >= 11 is 0. The molecule has 1 heterocycles. The molecule has 0 spiro atoms. The van der Waals surface area contributed by atoms with Gasteiger partial charge in [0.05, 0.1) is 0 Å². The van der Waals surface area contributed by atoms with Crippen molar-refractivity contribution in [1.82, 2.24) is 0 Å². The Morgan fingerprint density at radius 2 is 2.17 bits per heavy atom. The summed E-state index contributed by atoms with van der Waals surface area (Å²) in [7, 11) is 0. The van der Waals surface area contributed by atoms with E-state index < -0.39 is 0 Å². The Hall–Kier alpha value is -1.35. The largest absolute Gasteiger partial charge is 0.458 e. The predicted octanol–water partition coefficient (Wildman–Crippen LogP) is 3.80. The van der Waals surface area contributed by atoms with Crippen LogP contribution in [0, 0.1) is 11.7 Å². The number of halogens is 1. The van der Waals surface area contributed by atoms with Crippen molar-refractivity contribution in [1.29, 1.82) is 0 Å². The lowest BCUT2D eigenvalue weighted by atomic mass is 9.78. The number of nitrogens with two attached hydrogens (primary N) is 1. The highest BCUT2D eigenvalue weighted by Crippen LogP contribution is 2.37. The van der Waals surface area contributed by atoms with Crippen molar-refractivity contribution >= 4 is 11.0 Å². The Morgan fingerprint density at radius 1 is 1.33 bits per heavy atom. The molecule has 0 radical (unpaired) electrons. The molecule has 0 bridgehead atoms. The van der Waals surface area contributed by atoms with Gasteiger partial charge in [-0.05, 0) is 37.3 Å². The van der Waals surface area contributed by atoms with E-state index in [1.807, 2.05) is 12.1 Å². The Balaban J connectivity index is 2.00. The molecule has 3 unspecified atom stereocenters. The van der Waals surface area contributed by atoms with Crippen molar-refractivity contribution in [2.75, 3.05) is 0 Å². The van der Waals surface area contributed by atoms with Crippen molar-refractivity contribution in [3.05, 3.63) is 35.8 Å². The molecule has 2 aromatic rings. The molecule has 0 aliphatic heterocycles. The number of rotatable bonds is 1.